The minimum atomic E-state index is -0.785. The first kappa shape index (κ1) is 22.5. The van der Waals surface area contributed by atoms with Crippen molar-refractivity contribution in [2.24, 2.45) is 4.99 Å². The number of nitro groups is 1. The lowest BCUT2D eigenvalue weighted by molar-refractivity contribution is -0.386. The molecule has 0 saturated carbocycles. The van der Waals surface area contributed by atoms with Crippen molar-refractivity contribution in [3.8, 4) is 17.6 Å². The maximum absolute atomic E-state index is 12.7. The van der Waals surface area contributed by atoms with Crippen LogP contribution in [0.2, 0.25) is 0 Å². The third-order valence-corrected chi connectivity index (χ3v) is 5.51. The molecular formula is C25H20N4O5. The third kappa shape index (κ3) is 4.29. The van der Waals surface area contributed by atoms with Gasteiger partial charge in [0.25, 0.3) is 0 Å². The van der Waals surface area contributed by atoms with Crippen LogP contribution in [0.25, 0.3) is 0 Å². The Labute approximate surface area is 195 Å². The Hall–Kier alpha value is -4.71. The number of phenols is 1. The molecule has 0 bridgehead atoms. The number of carbonyl (C=O) groups is 1. The van der Waals surface area contributed by atoms with Gasteiger partial charge in [0.1, 0.15) is 0 Å². The molecule has 34 heavy (non-hydrogen) atoms. The van der Waals surface area contributed by atoms with E-state index in [0.29, 0.717) is 28.0 Å². The number of hydrogen-bond donors (Lipinski definition) is 2. The molecule has 2 amide bonds. The van der Waals surface area contributed by atoms with Crippen LogP contribution in [0.3, 0.4) is 0 Å². The zero-order valence-electron chi connectivity index (χ0n) is 18.1. The Morgan fingerprint density at radius 2 is 1.91 bits per heavy atom. The van der Waals surface area contributed by atoms with Gasteiger partial charge in [-0.2, -0.15) is 10.3 Å². The number of nitrogens with zero attached hydrogens (tertiary/aromatic N) is 3. The Balaban J connectivity index is 1.95. The molecule has 9 heteroatoms. The van der Waals surface area contributed by atoms with Crippen LogP contribution in [0.4, 0.5) is 10.5 Å². The normalized spacial score (nSPS) is 17.3. The van der Waals surface area contributed by atoms with Gasteiger partial charge in [0, 0.05) is 6.07 Å². The predicted molar refractivity (Wildman–Crippen MR) is 124 cm³/mol. The van der Waals surface area contributed by atoms with Gasteiger partial charge in [0.2, 0.25) is 5.75 Å². The van der Waals surface area contributed by atoms with E-state index in [1.165, 1.54) is 12.1 Å². The van der Waals surface area contributed by atoms with Crippen molar-refractivity contribution in [2.75, 3.05) is 6.61 Å². The Morgan fingerprint density at radius 1 is 1.15 bits per heavy atom. The zero-order valence-corrected chi connectivity index (χ0v) is 18.1. The lowest BCUT2D eigenvalue weighted by Crippen LogP contribution is -2.40. The smallest absolute Gasteiger partial charge is 0.341 e. The molecule has 2 unspecified atom stereocenters. The van der Waals surface area contributed by atoms with Crippen LogP contribution in [0.15, 0.2) is 71.7 Å². The number of nitrogens with one attached hydrogen (secondary N) is 1. The molecule has 0 fully saturated rings. The summed E-state index contributed by atoms with van der Waals surface area (Å²) >= 11 is 0. The largest absolute Gasteiger partial charge is 0.500 e. The van der Waals surface area contributed by atoms with Gasteiger partial charge in [-0.25, -0.2) is 4.79 Å². The molecule has 0 radical (unpaired) electrons. The van der Waals surface area contributed by atoms with E-state index >= 15 is 0 Å². The van der Waals surface area contributed by atoms with Gasteiger partial charge in [-0.1, -0.05) is 42.5 Å². The number of nitriles is 1. The van der Waals surface area contributed by atoms with E-state index in [1.54, 1.807) is 25.1 Å². The fourth-order valence-electron chi connectivity index (χ4n) is 4.06. The molecule has 1 aliphatic heterocycles. The number of rotatable bonds is 6. The molecule has 170 valence electrons. The molecule has 3 aromatic rings. The number of carbonyl (C=O) groups excluding carboxylic acids is 1. The SMILES string of the molecule is CCOc1cc(C2NC(=O)N=C(c3ccccc3)C2c2cccc(C#N)c2)cc([N+](=O)[O-])c1O. The summed E-state index contributed by atoms with van der Waals surface area (Å²) in [6, 6.07) is 19.4. The first-order valence-electron chi connectivity index (χ1n) is 10.5. The second-order valence-corrected chi connectivity index (χ2v) is 7.58. The maximum atomic E-state index is 12.7. The molecule has 1 aliphatic rings. The quantitative estimate of drug-likeness (QED) is 0.410. The highest BCUT2D eigenvalue weighted by Gasteiger charge is 2.37. The molecule has 0 saturated heterocycles. The molecular weight excluding hydrogens is 436 g/mol. The van der Waals surface area contributed by atoms with Crippen LogP contribution in [-0.4, -0.2) is 28.4 Å². The van der Waals surface area contributed by atoms with Gasteiger partial charge in [-0.05, 0) is 41.8 Å². The standard InChI is InChI=1S/C25H20N4O5/c1-2-34-20-13-18(12-19(24(20)30)29(32)33)23-21(17-10-6-7-15(11-17)14-26)22(27-25(31)28-23)16-8-4-3-5-9-16/h3-13,21,23,30H,2H2,1H3,(H,28,31). The third-order valence-electron chi connectivity index (χ3n) is 5.51. The topological polar surface area (TPSA) is 138 Å². The molecule has 0 aromatic heterocycles. The molecule has 1 heterocycles. The van der Waals surface area contributed by atoms with Crippen LogP contribution in [-0.2, 0) is 0 Å². The number of amides is 2. The summed E-state index contributed by atoms with van der Waals surface area (Å²) in [4.78, 5) is 27.8. The van der Waals surface area contributed by atoms with E-state index in [2.05, 4.69) is 16.4 Å². The molecule has 9 nitrogen and oxygen atoms in total. The van der Waals surface area contributed by atoms with Crippen molar-refractivity contribution in [1.82, 2.24) is 5.32 Å². The first-order valence-corrected chi connectivity index (χ1v) is 10.5. The summed E-state index contributed by atoms with van der Waals surface area (Å²) in [5.41, 5.74) is 2.10. The van der Waals surface area contributed by atoms with Gasteiger partial charge in [-0.15, -0.1) is 0 Å². The number of nitro benzene ring substituents is 1. The minimum Gasteiger partial charge on any atom is -0.500 e. The van der Waals surface area contributed by atoms with Crippen molar-refractivity contribution >= 4 is 17.4 Å². The number of benzene rings is 3. The monoisotopic (exact) mass is 456 g/mol. The van der Waals surface area contributed by atoms with E-state index in [-0.39, 0.29) is 12.4 Å². The van der Waals surface area contributed by atoms with Crippen LogP contribution in [0.5, 0.6) is 11.5 Å². The van der Waals surface area contributed by atoms with Crippen molar-refractivity contribution < 1.29 is 19.6 Å². The van der Waals surface area contributed by atoms with E-state index in [1.807, 2.05) is 36.4 Å². The molecule has 0 spiro atoms. The lowest BCUT2D eigenvalue weighted by atomic mass is 9.79. The van der Waals surface area contributed by atoms with Crippen molar-refractivity contribution in [3.63, 3.8) is 0 Å². The van der Waals surface area contributed by atoms with Crippen LogP contribution in [0.1, 0.15) is 41.1 Å². The van der Waals surface area contributed by atoms with Crippen LogP contribution >= 0.6 is 0 Å². The lowest BCUT2D eigenvalue weighted by Gasteiger charge is -2.33. The summed E-state index contributed by atoms with van der Waals surface area (Å²) in [6.45, 7) is 1.87. The number of phenolic OH excluding ortho intramolecular Hbond substituents is 1. The highest BCUT2D eigenvalue weighted by molar-refractivity contribution is 6.12. The molecule has 0 aliphatic carbocycles. The van der Waals surface area contributed by atoms with Crippen molar-refractivity contribution in [3.05, 3.63) is 99.1 Å². The summed E-state index contributed by atoms with van der Waals surface area (Å²) in [5.74, 6) is -1.22. The minimum absolute atomic E-state index is 0.0609. The highest BCUT2D eigenvalue weighted by atomic mass is 16.6. The van der Waals surface area contributed by atoms with Crippen LogP contribution < -0.4 is 10.1 Å². The second kappa shape index (κ2) is 9.42. The summed E-state index contributed by atoms with van der Waals surface area (Å²) < 4.78 is 5.43. The molecule has 3 aromatic carbocycles. The zero-order chi connectivity index (χ0) is 24.2. The number of ether oxygens (including phenoxy) is 1. The first-order chi connectivity index (χ1) is 16.4. The van der Waals surface area contributed by atoms with E-state index in [0.717, 1.165) is 0 Å². The van der Waals surface area contributed by atoms with E-state index < -0.39 is 34.4 Å². The van der Waals surface area contributed by atoms with E-state index in [9.17, 15) is 25.3 Å². The van der Waals surface area contributed by atoms with Crippen LogP contribution in [0, 0.1) is 21.4 Å². The van der Waals surface area contributed by atoms with Crippen molar-refractivity contribution in [2.45, 2.75) is 18.9 Å². The van der Waals surface area contributed by atoms with Gasteiger partial charge < -0.3 is 15.2 Å². The van der Waals surface area contributed by atoms with Gasteiger partial charge in [-0.3, -0.25) is 10.1 Å². The molecule has 4 rings (SSSR count). The predicted octanol–water partition coefficient (Wildman–Crippen LogP) is 4.61. The second-order valence-electron chi connectivity index (χ2n) is 7.58. The number of urea groups is 1. The van der Waals surface area contributed by atoms with Gasteiger partial charge in [0.15, 0.2) is 5.75 Å². The Kier molecular flexibility index (Phi) is 6.23. The highest BCUT2D eigenvalue weighted by Crippen LogP contribution is 2.43. The van der Waals surface area contributed by atoms with Gasteiger partial charge in [0.05, 0.1) is 40.8 Å². The fraction of sp³-hybridized carbons (Fsp3) is 0.160. The molecule has 2 N–H and O–H groups in total. The fourth-order valence-corrected chi connectivity index (χ4v) is 4.06. The van der Waals surface area contributed by atoms with E-state index in [4.69, 9.17) is 4.74 Å². The molecule has 2 atom stereocenters. The summed E-state index contributed by atoms with van der Waals surface area (Å²) in [5, 5.41) is 34.2. The van der Waals surface area contributed by atoms with Crippen molar-refractivity contribution in [1.29, 1.82) is 5.26 Å². The number of aromatic hydroxyl groups is 1. The summed E-state index contributed by atoms with van der Waals surface area (Å²) in [7, 11) is 0. The number of hydrogen-bond acceptors (Lipinski definition) is 6. The number of aliphatic imine (C=N–C) groups is 1. The Morgan fingerprint density at radius 3 is 2.59 bits per heavy atom. The van der Waals surface area contributed by atoms with Gasteiger partial charge >= 0.3 is 11.7 Å². The summed E-state index contributed by atoms with van der Waals surface area (Å²) in [6.07, 6.45) is 0. The average Bonchev–Trinajstić information content (AvgIpc) is 2.85. The average molecular weight is 456 g/mol. The Bertz CT molecular complexity index is 1330. The maximum Gasteiger partial charge on any atom is 0.341 e.